The van der Waals surface area contributed by atoms with Crippen LogP contribution >= 0.6 is 0 Å². The summed E-state index contributed by atoms with van der Waals surface area (Å²) in [5.41, 5.74) is -0.499. The number of carbonyl (C=O) groups excluding carboxylic acids is 1. The van der Waals surface area contributed by atoms with Gasteiger partial charge < -0.3 is 15.0 Å². The number of likely N-dealkylation sites (N-methyl/N-ethyl adjacent to an activating group) is 2. The first-order chi connectivity index (χ1) is 9.05. The molecule has 110 valence electrons. The van der Waals surface area contributed by atoms with Gasteiger partial charge >= 0.3 is 5.97 Å². The predicted octanol–water partition coefficient (Wildman–Crippen LogP) is 1.65. The molecule has 1 N–H and O–H groups in total. The molecule has 0 aromatic heterocycles. The molecule has 2 fully saturated rings. The monoisotopic (exact) mass is 268 g/mol. The summed E-state index contributed by atoms with van der Waals surface area (Å²) in [6, 6.07) is 0.557. The second-order valence-corrected chi connectivity index (χ2v) is 6.26. The van der Waals surface area contributed by atoms with Gasteiger partial charge in [0.2, 0.25) is 0 Å². The third-order valence-electron chi connectivity index (χ3n) is 4.81. The summed E-state index contributed by atoms with van der Waals surface area (Å²) >= 11 is 0. The van der Waals surface area contributed by atoms with Crippen molar-refractivity contribution in [2.24, 2.45) is 11.8 Å². The first-order valence-electron chi connectivity index (χ1n) is 7.58. The molecule has 2 unspecified atom stereocenters. The third kappa shape index (κ3) is 3.11. The van der Waals surface area contributed by atoms with Crippen LogP contribution < -0.4 is 5.32 Å². The van der Waals surface area contributed by atoms with Gasteiger partial charge in [-0.05, 0) is 58.0 Å². The molecule has 2 saturated carbocycles. The molecule has 4 nitrogen and oxygen atoms in total. The first-order valence-corrected chi connectivity index (χ1v) is 7.58. The molecule has 4 heteroatoms. The highest BCUT2D eigenvalue weighted by molar-refractivity contribution is 5.82. The van der Waals surface area contributed by atoms with E-state index in [4.69, 9.17) is 4.74 Å². The number of ether oxygens (including phenoxy) is 1. The number of nitrogens with one attached hydrogen (secondary N) is 1. The Labute approximate surface area is 116 Å². The number of methoxy groups -OCH3 is 1. The first kappa shape index (κ1) is 14.8. The Balaban J connectivity index is 2.09. The molecule has 0 bridgehead atoms. The van der Waals surface area contributed by atoms with Gasteiger partial charge in [-0.25, -0.2) is 4.79 Å². The van der Waals surface area contributed by atoms with Gasteiger partial charge in [-0.2, -0.15) is 0 Å². The van der Waals surface area contributed by atoms with Crippen LogP contribution in [0.2, 0.25) is 0 Å². The molecule has 19 heavy (non-hydrogen) atoms. The standard InChI is InChI=1S/C15H28N2O2/c1-5-16-15(13-8-9-13,14(18)19-4)10-17(3)11(2)12-6-7-12/h11-13,16H,5-10H2,1-4H3. The molecule has 2 atom stereocenters. The summed E-state index contributed by atoms with van der Waals surface area (Å²) in [4.78, 5) is 14.7. The van der Waals surface area contributed by atoms with Crippen LogP contribution in [0.15, 0.2) is 0 Å². The topological polar surface area (TPSA) is 41.6 Å². The number of esters is 1. The van der Waals surface area contributed by atoms with Crippen molar-refractivity contribution in [3.05, 3.63) is 0 Å². The van der Waals surface area contributed by atoms with Crippen LogP contribution in [-0.4, -0.2) is 49.7 Å². The van der Waals surface area contributed by atoms with Crippen LogP contribution in [0.3, 0.4) is 0 Å². The average molecular weight is 268 g/mol. The molecule has 0 amide bonds. The van der Waals surface area contributed by atoms with E-state index in [1.807, 2.05) is 0 Å². The summed E-state index contributed by atoms with van der Waals surface area (Å²) in [7, 11) is 3.64. The van der Waals surface area contributed by atoms with Gasteiger partial charge in [0.05, 0.1) is 7.11 Å². The molecule has 2 aliphatic carbocycles. The molecule has 0 heterocycles. The van der Waals surface area contributed by atoms with Crippen LogP contribution in [0.25, 0.3) is 0 Å². The van der Waals surface area contributed by atoms with Gasteiger partial charge in [-0.15, -0.1) is 0 Å². The van der Waals surface area contributed by atoms with Gasteiger partial charge in [0.1, 0.15) is 5.54 Å². The fourth-order valence-corrected chi connectivity index (χ4v) is 3.18. The molecule has 2 rings (SSSR count). The average Bonchev–Trinajstić information content (AvgIpc) is 3.27. The summed E-state index contributed by atoms with van der Waals surface area (Å²) in [6.07, 6.45) is 4.93. The predicted molar refractivity (Wildman–Crippen MR) is 76.0 cm³/mol. The lowest BCUT2D eigenvalue weighted by molar-refractivity contribution is -0.151. The zero-order valence-corrected chi connectivity index (χ0v) is 12.7. The van der Waals surface area contributed by atoms with Crippen molar-refractivity contribution >= 4 is 5.97 Å². The minimum Gasteiger partial charge on any atom is -0.468 e. The highest BCUT2D eigenvalue weighted by Gasteiger charge is 2.52. The van der Waals surface area contributed by atoms with Crippen molar-refractivity contribution in [1.82, 2.24) is 10.2 Å². The molecule has 2 aliphatic rings. The van der Waals surface area contributed by atoms with Crippen molar-refractivity contribution in [2.45, 2.75) is 51.1 Å². The number of rotatable bonds is 8. The fraction of sp³-hybridized carbons (Fsp3) is 0.933. The van der Waals surface area contributed by atoms with Crippen molar-refractivity contribution in [3.8, 4) is 0 Å². The zero-order chi connectivity index (χ0) is 14.0. The minimum absolute atomic E-state index is 0.0910. The maximum Gasteiger partial charge on any atom is 0.327 e. The molecular weight excluding hydrogens is 240 g/mol. The van der Waals surface area contributed by atoms with Crippen molar-refractivity contribution in [1.29, 1.82) is 0 Å². The van der Waals surface area contributed by atoms with Crippen LogP contribution in [0, 0.1) is 11.8 Å². The minimum atomic E-state index is -0.499. The number of hydrogen-bond donors (Lipinski definition) is 1. The summed E-state index contributed by atoms with van der Waals surface area (Å²) in [5, 5.41) is 3.44. The van der Waals surface area contributed by atoms with E-state index in [9.17, 15) is 4.79 Å². The van der Waals surface area contributed by atoms with Gasteiger partial charge in [0, 0.05) is 12.6 Å². The van der Waals surface area contributed by atoms with E-state index in [-0.39, 0.29) is 5.97 Å². The maximum atomic E-state index is 12.3. The van der Waals surface area contributed by atoms with E-state index >= 15 is 0 Å². The Morgan fingerprint density at radius 2 is 2.05 bits per heavy atom. The van der Waals surface area contributed by atoms with Gasteiger partial charge in [-0.3, -0.25) is 0 Å². The van der Waals surface area contributed by atoms with Gasteiger partial charge in [0.25, 0.3) is 0 Å². The zero-order valence-electron chi connectivity index (χ0n) is 12.7. The maximum absolute atomic E-state index is 12.3. The Bertz CT molecular complexity index is 326. The fourth-order valence-electron chi connectivity index (χ4n) is 3.18. The SMILES string of the molecule is CCNC(CN(C)C(C)C1CC1)(C(=O)OC)C1CC1. The van der Waals surface area contributed by atoms with E-state index < -0.39 is 5.54 Å². The molecule has 0 aromatic carbocycles. The summed E-state index contributed by atoms with van der Waals surface area (Å²) < 4.78 is 5.10. The lowest BCUT2D eigenvalue weighted by atomic mass is 9.91. The number of hydrogen-bond acceptors (Lipinski definition) is 4. The second kappa shape index (κ2) is 5.80. The molecule has 0 aliphatic heterocycles. The smallest absolute Gasteiger partial charge is 0.327 e. The molecule has 0 saturated heterocycles. The van der Waals surface area contributed by atoms with Gasteiger partial charge in [0.15, 0.2) is 0 Å². The van der Waals surface area contributed by atoms with Crippen LogP contribution in [-0.2, 0) is 9.53 Å². The normalized spacial score (nSPS) is 24.1. The molecule has 0 aromatic rings. The molecule has 0 spiro atoms. The van der Waals surface area contributed by atoms with Crippen LogP contribution in [0.1, 0.15) is 39.5 Å². The number of carbonyl (C=O) groups is 1. The molecule has 0 radical (unpaired) electrons. The highest BCUT2D eigenvalue weighted by Crippen LogP contribution is 2.42. The van der Waals surface area contributed by atoms with E-state index in [0.717, 1.165) is 31.8 Å². The second-order valence-electron chi connectivity index (χ2n) is 6.26. The number of nitrogens with zero attached hydrogens (tertiary/aromatic N) is 1. The molecular formula is C15H28N2O2. The van der Waals surface area contributed by atoms with Crippen molar-refractivity contribution < 1.29 is 9.53 Å². The Kier molecular flexibility index (Phi) is 4.51. The Hall–Kier alpha value is -0.610. The summed E-state index contributed by atoms with van der Waals surface area (Å²) in [5.74, 6) is 1.17. The summed E-state index contributed by atoms with van der Waals surface area (Å²) in [6.45, 7) is 5.90. The lowest BCUT2D eigenvalue weighted by Crippen LogP contribution is -2.61. The van der Waals surface area contributed by atoms with Crippen molar-refractivity contribution in [2.75, 3.05) is 27.2 Å². The lowest BCUT2D eigenvalue weighted by Gasteiger charge is -2.38. The highest BCUT2D eigenvalue weighted by atomic mass is 16.5. The largest absolute Gasteiger partial charge is 0.468 e. The quantitative estimate of drug-likeness (QED) is 0.680. The van der Waals surface area contributed by atoms with E-state index in [2.05, 4.69) is 31.1 Å². The van der Waals surface area contributed by atoms with E-state index in [1.54, 1.807) is 0 Å². The Morgan fingerprint density at radius 3 is 2.47 bits per heavy atom. The van der Waals surface area contributed by atoms with Gasteiger partial charge in [-0.1, -0.05) is 6.92 Å². The van der Waals surface area contributed by atoms with Crippen molar-refractivity contribution in [3.63, 3.8) is 0 Å². The van der Waals surface area contributed by atoms with Crippen LogP contribution in [0.4, 0.5) is 0 Å². The van der Waals surface area contributed by atoms with E-state index in [0.29, 0.717) is 12.0 Å². The van der Waals surface area contributed by atoms with Crippen LogP contribution in [0.5, 0.6) is 0 Å². The Morgan fingerprint density at radius 1 is 1.42 bits per heavy atom. The third-order valence-corrected chi connectivity index (χ3v) is 4.81. The van der Waals surface area contributed by atoms with E-state index in [1.165, 1.54) is 20.0 Å².